The molecule has 1 aliphatic carbocycles. The van der Waals surface area contributed by atoms with E-state index in [-0.39, 0.29) is 11.9 Å². The largest absolute Gasteiger partial charge is 0.483 e. The lowest BCUT2D eigenvalue weighted by molar-refractivity contribution is 0.220. The number of rotatable bonds is 6. The van der Waals surface area contributed by atoms with Crippen LogP contribution in [0.15, 0.2) is 36.4 Å². The minimum absolute atomic E-state index is 0.0395. The van der Waals surface area contributed by atoms with Crippen molar-refractivity contribution in [2.75, 3.05) is 0 Å². The summed E-state index contributed by atoms with van der Waals surface area (Å²) >= 11 is 0. The van der Waals surface area contributed by atoms with Gasteiger partial charge in [0.05, 0.1) is 0 Å². The summed E-state index contributed by atoms with van der Waals surface area (Å²) in [6.07, 6.45) is 13.0. The fraction of sp³-hybridized carbons (Fsp3) is 0.481. The van der Waals surface area contributed by atoms with E-state index in [1.165, 1.54) is 44.1 Å². The standard InChI is InChI=1S/C27H32F2O/c1-3-5-18-7-9-19(10-8-18)20-11-13-21(14-12-20)24-17-22-15-16-23(6-4-2)30-27(22)26(29)25(24)28/h11-19,23H,3-10H2,1-2H3. The Morgan fingerprint density at radius 1 is 0.900 bits per heavy atom. The zero-order valence-corrected chi connectivity index (χ0v) is 18.1. The highest BCUT2D eigenvalue weighted by Gasteiger charge is 2.25. The van der Waals surface area contributed by atoms with Crippen LogP contribution >= 0.6 is 0 Å². The SMILES string of the molecule is CCCC1CCC(c2ccc(-c3cc4c(c(F)c3F)OC(CCC)C=C4)cc2)CC1. The highest BCUT2D eigenvalue weighted by atomic mass is 19.2. The second kappa shape index (κ2) is 9.32. The maximum absolute atomic E-state index is 14.9. The Balaban J connectivity index is 1.53. The minimum Gasteiger partial charge on any atom is -0.483 e. The van der Waals surface area contributed by atoms with E-state index in [4.69, 9.17) is 4.74 Å². The molecule has 30 heavy (non-hydrogen) atoms. The summed E-state index contributed by atoms with van der Waals surface area (Å²) in [5.41, 5.74) is 2.93. The van der Waals surface area contributed by atoms with Crippen molar-refractivity contribution in [2.45, 2.75) is 77.2 Å². The molecule has 0 amide bonds. The summed E-state index contributed by atoms with van der Waals surface area (Å²) in [7, 11) is 0. The van der Waals surface area contributed by atoms with Gasteiger partial charge in [-0.05, 0) is 67.2 Å². The molecule has 1 aliphatic heterocycles. The highest BCUT2D eigenvalue weighted by Crippen LogP contribution is 2.40. The van der Waals surface area contributed by atoms with Gasteiger partial charge in [-0.15, -0.1) is 0 Å². The molecule has 0 aromatic heterocycles. The van der Waals surface area contributed by atoms with Crippen LogP contribution in [-0.4, -0.2) is 6.10 Å². The molecule has 1 unspecified atom stereocenters. The van der Waals surface area contributed by atoms with E-state index < -0.39 is 11.6 Å². The molecule has 4 rings (SSSR count). The average Bonchev–Trinajstić information content (AvgIpc) is 2.78. The summed E-state index contributed by atoms with van der Waals surface area (Å²) in [6.45, 7) is 4.31. The summed E-state index contributed by atoms with van der Waals surface area (Å²) in [4.78, 5) is 0. The molecule has 0 spiro atoms. The lowest BCUT2D eigenvalue weighted by atomic mass is 9.77. The third-order valence-corrected chi connectivity index (χ3v) is 6.76. The lowest BCUT2D eigenvalue weighted by Crippen LogP contribution is -2.18. The third-order valence-electron chi connectivity index (χ3n) is 6.76. The Morgan fingerprint density at radius 2 is 1.60 bits per heavy atom. The normalized spacial score (nSPS) is 23.1. The smallest absolute Gasteiger partial charge is 0.201 e. The van der Waals surface area contributed by atoms with Crippen LogP contribution in [0.3, 0.4) is 0 Å². The number of hydrogen-bond acceptors (Lipinski definition) is 1. The van der Waals surface area contributed by atoms with E-state index >= 15 is 0 Å². The molecular weight excluding hydrogens is 378 g/mol. The first-order chi connectivity index (χ1) is 14.6. The summed E-state index contributed by atoms with van der Waals surface area (Å²) in [5.74, 6) is -0.203. The van der Waals surface area contributed by atoms with E-state index in [0.29, 0.717) is 22.6 Å². The van der Waals surface area contributed by atoms with Crippen molar-refractivity contribution in [3.63, 3.8) is 0 Å². The van der Waals surface area contributed by atoms with Gasteiger partial charge in [0.25, 0.3) is 0 Å². The second-order valence-electron chi connectivity index (χ2n) is 8.90. The molecular formula is C27H32F2O. The first-order valence-corrected chi connectivity index (χ1v) is 11.6. The predicted octanol–water partition coefficient (Wildman–Crippen LogP) is 8.28. The van der Waals surface area contributed by atoms with Gasteiger partial charge in [-0.2, -0.15) is 4.39 Å². The van der Waals surface area contributed by atoms with E-state index in [9.17, 15) is 8.78 Å². The van der Waals surface area contributed by atoms with E-state index in [1.54, 1.807) is 6.07 Å². The van der Waals surface area contributed by atoms with Crippen LogP contribution in [0, 0.1) is 17.6 Å². The number of halogens is 2. The van der Waals surface area contributed by atoms with Crippen molar-refractivity contribution in [1.29, 1.82) is 0 Å². The second-order valence-corrected chi connectivity index (χ2v) is 8.90. The monoisotopic (exact) mass is 410 g/mol. The zero-order valence-electron chi connectivity index (χ0n) is 18.1. The van der Waals surface area contributed by atoms with Crippen molar-refractivity contribution in [3.8, 4) is 16.9 Å². The highest BCUT2D eigenvalue weighted by molar-refractivity contribution is 5.72. The van der Waals surface area contributed by atoms with Gasteiger partial charge in [0, 0.05) is 11.1 Å². The molecule has 2 aromatic rings. The lowest BCUT2D eigenvalue weighted by Gasteiger charge is -2.28. The molecule has 0 saturated heterocycles. The van der Waals surface area contributed by atoms with Crippen molar-refractivity contribution >= 4 is 6.08 Å². The Bertz CT molecular complexity index is 892. The quantitative estimate of drug-likeness (QED) is 0.465. The molecule has 2 aliphatic rings. The molecule has 0 N–H and O–H groups in total. The van der Waals surface area contributed by atoms with Crippen LogP contribution < -0.4 is 4.74 Å². The average molecular weight is 411 g/mol. The van der Waals surface area contributed by atoms with Crippen LogP contribution in [0.2, 0.25) is 0 Å². The number of hydrogen-bond donors (Lipinski definition) is 0. The van der Waals surface area contributed by atoms with Crippen molar-refractivity contribution in [3.05, 3.63) is 59.2 Å². The van der Waals surface area contributed by atoms with Crippen LogP contribution in [-0.2, 0) is 0 Å². The number of ether oxygens (including phenoxy) is 1. The maximum atomic E-state index is 14.9. The molecule has 0 radical (unpaired) electrons. The van der Waals surface area contributed by atoms with Crippen LogP contribution in [0.4, 0.5) is 8.78 Å². The summed E-state index contributed by atoms with van der Waals surface area (Å²) in [5, 5.41) is 0. The van der Waals surface area contributed by atoms with Gasteiger partial charge in [0.15, 0.2) is 11.6 Å². The molecule has 1 nitrogen and oxygen atoms in total. The van der Waals surface area contributed by atoms with Gasteiger partial charge < -0.3 is 4.74 Å². The van der Waals surface area contributed by atoms with E-state index in [2.05, 4.69) is 19.1 Å². The Morgan fingerprint density at radius 3 is 2.27 bits per heavy atom. The number of benzene rings is 2. The van der Waals surface area contributed by atoms with Gasteiger partial charge in [-0.25, -0.2) is 4.39 Å². The van der Waals surface area contributed by atoms with Crippen LogP contribution in [0.5, 0.6) is 5.75 Å². The Labute approximate surface area is 179 Å². The van der Waals surface area contributed by atoms with Gasteiger partial charge in [0.2, 0.25) is 5.82 Å². The fourth-order valence-electron chi connectivity index (χ4n) is 5.05. The predicted molar refractivity (Wildman–Crippen MR) is 120 cm³/mol. The Hall–Kier alpha value is -2.16. The van der Waals surface area contributed by atoms with Gasteiger partial charge >= 0.3 is 0 Å². The number of fused-ring (bicyclic) bond motifs is 1. The Kier molecular flexibility index (Phi) is 6.55. The maximum Gasteiger partial charge on any atom is 0.201 e. The van der Waals surface area contributed by atoms with Gasteiger partial charge in [-0.1, -0.05) is 63.5 Å². The molecule has 1 heterocycles. The van der Waals surface area contributed by atoms with Crippen molar-refractivity contribution < 1.29 is 13.5 Å². The van der Waals surface area contributed by atoms with Crippen LogP contribution in [0.25, 0.3) is 17.2 Å². The minimum atomic E-state index is -0.883. The first kappa shape index (κ1) is 21.1. The van der Waals surface area contributed by atoms with Gasteiger partial charge in [-0.3, -0.25) is 0 Å². The van der Waals surface area contributed by atoms with E-state index in [1.807, 2.05) is 31.2 Å². The molecule has 2 aromatic carbocycles. The van der Waals surface area contributed by atoms with Gasteiger partial charge in [0.1, 0.15) is 6.10 Å². The summed E-state index contributed by atoms with van der Waals surface area (Å²) in [6, 6.07) is 9.77. The first-order valence-electron chi connectivity index (χ1n) is 11.6. The van der Waals surface area contributed by atoms with Crippen molar-refractivity contribution in [1.82, 2.24) is 0 Å². The fourth-order valence-corrected chi connectivity index (χ4v) is 5.05. The summed E-state index contributed by atoms with van der Waals surface area (Å²) < 4.78 is 35.4. The topological polar surface area (TPSA) is 9.23 Å². The molecule has 160 valence electrons. The molecule has 1 saturated carbocycles. The van der Waals surface area contributed by atoms with E-state index in [0.717, 1.165) is 18.8 Å². The zero-order chi connectivity index (χ0) is 21.1. The van der Waals surface area contributed by atoms with Crippen molar-refractivity contribution in [2.24, 2.45) is 5.92 Å². The molecule has 1 fully saturated rings. The molecule has 1 atom stereocenters. The molecule has 0 bridgehead atoms. The molecule has 3 heteroatoms. The third kappa shape index (κ3) is 4.31. The van der Waals surface area contributed by atoms with Crippen LogP contribution in [0.1, 0.15) is 82.3 Å².